The molecule has 0 spiro atoms. The van der Waals surface area contributed by atoms with Gasteiger partial charge in [-0.05, 0) is 52.7 Å². The Bertz CT molecular complexity index is 769. The number of hydrogen-bond donors (Lipinski definition) is 2. The first-order chi connectivity index (χ1) is 9.72. The molecule has 0 radical (unpaired) electrons. The summed E-state index contributed by atoms with van der Waals surface area (Å²) in [5.74, 6) is -0.695. The van der Waals surface area contributed by atoms with Crippen LogP contribution >= 0.6 is 27.5 Å². The number of benzene rings is 2. The van der Waals surface area contributed by atoms with Gasteiger partial charge in [-0.3, -0.25) is 4.72 Å². The number of hydrogen-bond acceptors (Lipinski definition) is 3. The molecule has 0 aliphatic carbocycles. The second-order valence-corrected chi connectivity index (χ2v) is 7.27. The Kier molecular flexibility index (Phi) is 4.46. The van der Waals surface area contributed by atoms with Gasteiger partial charge in [-0.1, -0.05) is 17.7 Å². The quantitative estimate of drug-likeness (QED) is 0.776. The minimum atomic E-state index is -4.00. The largest absolute Gasteiger partial charge is 0.398 e. The van der Waals surface area contributed by atoms with Gasteiger partial charge in [0.25, 0.3) is 10.0 Å². The van der Waals surface area contributed by atoms with Crippen LogP contribution in [0.3, 0.4) is 0 Å². The molecule has 0 aliphatic heterocycles. The lowest BCUT2D eigenvalue weighted by Crippen LogP contribution is -2.15. The second kappa shape index (κ2) is 5.82. The van der Waals surface area contributed by atoms with Crippen molar-refractivity contribution in [1.29, 1.82) is 0 Å². The topological polar surface area (TPSA) is 72.2 Å². The SMILES string of the molecule is Cc1c(N)cc(S(=O)(=O)Nc2c(F)cccc2Br)cc1Cl. The third kappa shape index (κ3) is 3.30. The van der Waals surface area contributed by atoms with E-state index in [9.17, 15) is 12.8 Å². The molecule has 8 heteroatoms. The number of anilines is 2. The molecule has 21 heavy (non-hydrogen) atoms. The minimum absolute atomic E-state index is 0.134. The lowest BCUT2D eigenvalue weighted by Gasteiger charge is -2.12. The molecule has 4 nitrogen and oxygen atoms in total. The van der Waals surface area contributed by atoms with E-state index in [0.717, 1.165) is 6.07 Å². The highest BCUT2D eigenvalue weighted by atomic mass is 79.9. The number of halogens is 3. The first kappa shape index (κ1) is 16.1. The van der Waals surface area contributed by atoms with Crippen molar-refractivity contribution < 1.29 is 12.8 Å². The van der Waals surface area contributed by atoms with Gasteiger partial charge in [-0.2, -0.15) is 0 Å². The van der Waals surface area contributed by atoms with Crippen LogP contribution in [-0.4, -0.2) is 8.42 Å². The zero-order valence-corrected chi connectivity index (χ0v) is 14.0. The lowest BCUT2D eigenvalue weighted by molar-refractivity contribution is 0.598. The molecule has 0 fully saturated rings. The summed E-state index contributed by atoms with van der Waals surface area (Å²) in [7, 11) is -4.00. The summed E-state index contributed by atoms with van der Waals surface area (Å²) in [4.78, 5) is -0.134. The summed E-state index contributed by atoms with van der Waals surface area (Å²) < 4.78 is 40.8. The van der Waals surface area contributed by atoms with Crippen LogP contribution in [0, 0.1) is 12.7 Å². The van der Waals surface area contributed by atoms with E-state index in [4.69, 9.17) is 17.3 Å². The van der Waals surface area contributed by atoms with Crippen molar-refractivity contribution in [1.82, 2.24) is 0 Å². The summed E-state index contributed by atoms with van der Waals surface area (Å²) in [5, 5.41) is 0.225. The van der Waals surface area contributed by atoms with Crippen molar-refractivity contribution in [2.75, 3.05) is 10.5 Å². The van der Waals surface area contributed by atoms with Crippen LogP contribution < -0.4 is 10.5 Å². The smallest absolute Gasteiger partial charge is 0.262 e. The predicted molar refractivity (Wildman–Crippen MR) is 85.5 cm³/mol. The normalized spacial score (nSPS) is 11.4. The van der Waals surface area contributed by atoms with Gasteiger partial charge < -0.3 is 5.73 Å². The Hall–Kier alpha value is -1.31. The fourth-order valence-corrected chi connectivity index (χ4v) is 3.63. The Morgan fingerprint density at radius 2 is 2.00 bits per heavy atom. The van der Waals surface area contributed by atoms with Gasteiger partial charge in [0.2, 0.25) is 0 Å². The number of para-hydroxylation sites is 1. The third-order valence-corrected chi connectivity index (χ3v) is 5.25. The molecular formula is C13H11BrClFN2O2S. The van der Waals surface area contributed by atoms with Crippen molar-refractivity contribution in [3.8, 4) is 0 Å². The standard InChI is InChI=1S/C13H11BrClFN2O2S/c1-7-10(15)5-8(6-12(7)17)21(19,20)18-13-9(14)3-2-4-11(13)16/h2-6,18H,17H2,1H3. The molecule has 0 heterocycles. The average Bonchev–Trinajstić information content (AvgIpc) is 2.40. The molecule has 112 valence electrons. The van der Waals surface area contributed by atoms with E-state index in [1.807, 2.05) is 0 Å². The minimum Gasteiger partial charge on any atom is -0.398 e. The molecule has 2 rings (SSSR count). The summed E-state index contributed by atoms with van der Waals surface area (Å²) in [6, 6.07) is 6.68. The van der Waals surface area contributed by atoms with Crippen LogP contribution in [0.25, 0.3) is 0 Å². The van der Waals surface area contributed by atoms with Gasteiger partial charge in [-0.15, -0.1) is 0 Å². The van der Waals surface area contributed by atoms with Gasteiger partial charge >= 0.3 is 0 Å². The van der Waals surface area contributed by atoms with Gasteiger partial charge in [0.1, 0.15) is 5.82 Å². The monoisotopic (exact) mass is 392 g/mol. The van der Waals surface area contributed by atoms with Crippen LogP contribution in [0.5, 0.6) is 0 Å². The first-order valence-electron chi connectivity index (χ1n) is 5.75. The van der Waals surface area contributed by atoms with Gasteiger partial charge in [0.15, 0.2) is 0 Å². The van der Waals surface area contributed by atoms with E-state index in [1.54, 1.807) is 6.92 Å². The maximum atomic E-state index is 13.7. The Labute approximate surface area is 135 Å². The summed E-state index contributed by atoms with van der Waals surface area (Å²) >= 11 is 9.03. The van der Waals surface area contributed by atoms with Crippen LogP contribution in [0.1, 0.15) is 5.56 Å². The molecule has 0 unspecified atom stereocenters. The molecular weight excluding hydrogens is 383 g/mol. The molecule has 0 bridgehead atoms. The molecule has 3 N–H and O–H groups in total. The Morgan fingerprint density at radius 1 is 1.33 bits per heavy atom. The number of nitrogens with one attached hydrogen (secondary N) is 1. The third-order valence-electron chi connectivity index (χ3n) is 2.87. The van der Waals surface area contributed by atoms with E-state index in [2.05, 4.69) is 20.7 Å². The molecule has 0 atom stereocenters. The first-order valence-corrected chi connectivity index (χ1v) is 8.40. The Morgan fingerprint density at radius 3 is 2.57 bits per heavy atom. The lowest BCUT2D eigenvalue weighted by atomic mass is 10.2. The van der Waals surface area contributed by atoms with Gasteiger partial charge in [0.05, 0.1) is 10.6 Å². The van der Waals surface area contributed by atoms with E-state index >= 15 is 0 Å². The van der Waals surface area contributed by atoms with Gasteiger partial charge in [0, 0.05) is 15.2 Å². The fraction of sp³-hybridized carbons (Fsp3) is 0.0769. The van der Waals surface area contributed by atoms with Gasteiger partial charge in [-0.25, -0.2) is 12.8 Å². The van der Waals surface area contributed by atoms with Crippen LogP contribution in [-0.2, 0) is 10.0 Å². The molecule has 0 saturated heterocycles. The number of nitrogens with two attached hydrogens (primary N) is 1. The highest BCUT2D eigenvalue weighted by Gasteiger charge is 2.20. The Balaban J connectivity index is 2.49. The van der Waals surface area contributed by atoms with Crippen molar-refractivity contribution in [2.24, 2.45) is 0 Å². The van der Waals surface area contributed by atoms with E-state index < -0.39 is 15.8 Å². The highest BCUT2D eigenvalue weighted by Crippen LogP contribution is 2.30. The van der Waals surface area contributed by atoms with E-state index in [-0.39, 0.29) is 25.8 Å². The van der Waals surface area contributed by atoms with Crippen molar-refractivity contribution in [3.05, 3.63) is 51.2 Å². The van der Waals surface area contributed by atoms with Crippen molar-refractivity contribution >= 4 is 48.9 Å². The van der Waals surface area contributed by atoms with Crippen molar-refractivity contribution in [3.63, 3.8) is 0 Å². The summed E-state index contributed by atoms with van der Waals surface area (Å²) in [6.07, 6.45) is 0. The van der Waals surface area contributed by atoms with E-state index in [1.165, 1.54) is 24.3 Å². The van der Waals surface area contributed by atoms with Crippen LogP contribution in [0.4, 0.5) is 15.8 Å². The maximum absolute atomic E-state index is 13.7. The average molecular weight is 394 g/mol. The molecule has 0 saturated carbocycles. The maximum Gasteiger partial charge on any atom is 0.262 e. The molecule has 2 aromatic rings. The zero-order valence-electron chi connectivity index (χ0n) is 10.8. The molecule has 0 aromatic heterocycles. The molecule has 2 aromatic carbocycles. The predicted octanol–water partition coefficient (Wildman–Crippen LogP) is 3.93. The molecule has 0 amide bonds. The van der Waals surface area contributed by atoms with E-state index in [0.29, 0.717) is 5.56 Å². The molecule has 0 aliphatic rings. The number of nitrogen functional groups attached to an aromatic ring is 1. The van der Waals surface area contributed by atoms with Crippen LogP contribution in [0.15, 0.2) is 39.7 Å². The number of sulfonamides is 1. The highest BCUT2D eigenvalue weighted by molar-refractivity contribution is 9.10. The second-order valence-electron chi connectivity index (χ2n) is 4.32. The fourth-order valence-electron chi connectivity index (χ4n) is 1.62. The zero-order chi connectivity index (χ0) is 15.8. The summed E-state index contributed by atoms with van der Waals surface area (Å²) in [6.45, 7) is 1.68. The summed E-state index contributed by atoms with van der Waals surface area (Å²) in [5.41, 5.74) is 6.37. The van der Waals surface area contributed by atoms with Crippen molar-refractivity contribution in [2.45, 2.75) is 11.8 Å². The van der Waals surface area contributed by atoms with Crippen LogP contribution in [0.2, 0.25) is 5.02 Å². The number of rotatable bonds is 3.